The van der Waals surface area contributed by atoms with Crippen LogP contribution in [0.2, 0.25) is 0 Å². The number of amidine groups is 1. The van der Waals surface area contributed by atoms with Crippen molar-refractivity contribution in [3.05, 3.63) is 64.9 Å². The van der Waals surface area contributed by atoms with Gasteiger partial charge in [0.15, 0.2) is 0 Å². The Labute approximate surface area is 211 Å². The van der Waals surface area contributed by atoms with Gasteiger partial charge in [0, 0.05) is 36.8 Å². The van der Waals surface area contributed by atoms with Crippen molar-refractivity contribution in [1.29, 1.82) is 0 Å². The SMILES string of the molecule is O=C(C1CC1)N1CC[C@@H](CN2C(=O)C3(CC3)N=C2c2ccc(C3=CCC4NC(CO)=CC4=C3)cc2)C1. The van der Waals surface area contributed by atoms with Crippen LogP contribution in [0.1, 0.15) is 49.7 Å². The summed E-state index contributed by atoms with van der Waals surface area (Å²) >= 11 is 0. The molecule has 2 N–H and O–H groups in total. The molecule has 3 fully saturated rings. The fraction of sp³-hybridized carbons (Fsp3) is 0.483. The average Bonchev–Trinajstić information content (AvgIpc) is 3.79. The highest BCUT2D eigenvalue weighted by Crippen LogP contribution is 2.46. The molecule has 3 heterocycles. The third kappa shape index (κ3) is 3.72. The molecule has 0 aromatic heterocycles. The number of rotatable bonds is 6. The number of nitrogens with zero attached hydrogens (tertiary/aromatic N) is 3. The molecule has 6 aliphatic rings. The van der Waals surface area contributed by atoms with Crippen LogP contribution >= 0.6 is 0 Å². The van der Waals surface area contributed by atoms with Gasteiger partial charge in [-0.25, -0.2) is 0 Å². The molecule has 7 nitrogen and oxygen atoms in total. The second kappa shape index (κ2) is 8.17. The number of nitrogens with one attached hydrogen (secondary N) is 1. The molecule has 1 saturated heterocycles. The number of hydrogen-bond acceptors (Lipinski definition) is 5. The lowest BCUT2D eigenvalue weighted by Gasteiger charge is -2.24. The number of allylic oxidation sites excluding steroid dienone is 2. The highest BCUT2D eigenvalue weighted by Gasteiger charge is 2.57. The van der Waals surface area contributed by atoms with E-state index in [-0.39, 0.29) is 24.5 Å². The summed E-state index contributed by atoms with van der Waals surface area (Å²) in [7, 11) is 0. The Bertz CT molecular complexity index is 1250. The summed E-state index contributed by atoms with van der Waals surface area (Å²) in [6.45, 7) is 2.24. The fourth-order valence-electron chi connectivity index (χ4n) is 6.10. The molecule has 2 saturated carbocycles. The van der Waals surface area contributed by atoms with E-state index in [2.05, 4.69) is 41.7 Å². The molecular formula is C29H32N4O3. The molecule has 7 rings (SSSR count). The molecule has 2 atom stereocenters. The Kier molecular flexibility index (Phi) is 5.00. The van der Waals surface area contributed by atoms with Crippen LogP contribution in [0.3, 0.4) is 0 Å². The largest absolute Gasteiger partial charge is 0.390 e. The van der Waals surface area contributed by atoms with Crippen LogP contribution in [-0.4, -0.2) is 70.4 Å². The molecule has 0 radical (unpaired) electrons. The zero-order chi connectivity index (χ0) is 24.4. The molecule has 186 valence electrons. The van der Waals surface area contributed by atoms with E-state index in [1.54, 1.807) is 0 Å². The first-order valence-corrected chi connectivity index (χ1v) is 13.3. The molecular weight excluding hydrogens is 452 g/mol. The van der Waals surface area contributed by atoms with Gasteiger partial charge in [0.2, 0.25) is 5.91 Å². The minimum Gasteiger partial charge on any atom is -0.390 e. The van der Waals surface area contributed by atoms with E-state index in [1.807, 2.05) is 15.9 Å². The third-order valence-electron chi connectivity index (χ3n) is 8.55. The highest BCUT2D eigenvalue weighted by atomic mass is 16.3. The summed E-state index contributed by atoms with van der Waals surface area (Å²) in [4.78, 5) is 34.7. The van der Waals surface area contributed by atoms with Gasteiger partial charge in [-0.2, -0.15) is 0 Å². The van der Waals surface area contributed by atoms with Gasteiger partial charge >= 0.3 is 0 Å². The van der Waals surface area contributed by atoms with Gasteiger partial charge in [-0.3, -0.25) is 19.5 Å². The molecule has 3 aliphatic heterocycles. The quantitative estimate of drug-likeness (QED) is 0.650. The van der Waals surface area contributed by atoms with Crippen LogP contribution in [0, 0.1) is 11.8 Å². The normalized spacial score (nSPS) is 28.0. The van der Waals surface area contributed by atoms with Crippen LogP contribution in [0.4, 0.5) is 0 Å². The van der Waals surface area contributed by atoms with E-state index >= 15 is 0 Å². The second-order valence-electron chi connectivity index (χ2n) is 11.2. The number of benzene rings is 1. The van der Waals surface area contributed by atoms with E-state index in [1.165, 1.54) is 11.1 Å². The van der Waals surface area contributed by atoms with E-state index in [4.69, 9.17) is 4.99 Å². The first-order valence-electron chi connectivity index (χ1n) is 13.3. The number of likely N-dealkylation sites (tertiary alicyclic amines) is 1. The van der Waals surface area contributed by atoms with Gasteiger partial charge < -0.3 is 15.3 Å². The van der Waals surface area contributed by atoms with E-state index < -0.39 is 5.54 Å². The summed E-state index contributed by atoms with van der Waals surface area (Å²) < 4.78 is 0. The topological polar surface area (TPSA) is 85.2 Å². The van der Waals surface area contributed by atoms with E-state index in [0.717, 1.165) is 74.3 Å². The van der Waals surface area contributed by atoms with Crippen molar-refractivity contribution in [3.8, 4) is 0 Å². The van der Waals surface area contributed by atoms with Gasteiger partial charge in [-0.05, 0) is 73.3 Å². The predicted octanol–water partition coefficient (Wildman–Crippen LogP) is 2.63. The van der Waals surface area contributed by atoms with Gasteiger partial charge in [-0.15, -0.1) is 0 Å². The van der Waals surface area contributed by atoms with E-state index in [9.17, 15) is 14.7 Å². The number of carbonyl (C=O) groups is 2. The first-order chi connectivity index (χ1) is 17.5. The first kappa shape index (κ1) is 22.0. The van der Waals surface area contributed by atoms with Crippen LogP contribution in [0.15, 0.2) is 58.8 Å². The number of aliphatic hydroxyl groups excluding tert-OH is 1. The van der Waals surface area contributed by atoms with Gasteiger partial charge in [0.05, 0.1) is 12.6 Å². The van der Waals surface area contributed by atoms with Crippen molar-refractivity contribution >= 4 is 23.2 Å². The van der Waals surface area contributed by atoms with Crippen LogP contribution in [0.5, 0.6) is 0 Å². The maximum atomic E-state index is 13.4. The maximum absolute atomic E-state index is 13.4. The summed E-state index contributed by atoms with van der Waals surface area (Å²) in [5.41, 5.74) is 4.84. The molecule has 1 aromatic rings. The maximum Gasteiger partial charge on any atom is 0.256 e. The molecule has 3 aliphatic carbocycles. The molecule has 7 heteroatoms. The summed E-state index contributed by atoms with van der Waals surface area (Å²) in [5, 5.41) is 12.8. The lowest BCUT2D eigenvalue weighted by Crippen LogP contribution is -2.40. The minimum absolute atomic E-state index is 0.0341. The second-order valence-corrected chi connectivity index (χ2v) is 11.2. The lowest BCUT2D eigenvalue weighted by atomic mass is 9.92. The zero-order valence-electron chi connectivity index (χ0n) is 20.4. The molecule has 36 heavy (non-hydrogen) atoms. The average molecular weight is 485 g/mol. The number of aliphatic hydroxyl groups is 1. The Hall–Kier alpha value is -3.19. The van der Waals surface area contributed by atoms with Crippen molar-refractivity contribution in [3.63, 3.8) is 0 Å². The molecule has 0 bridgehead atoms. The Morgan fingerprint density at radius 3 is 2.61 bits per heavy atom. The summed E-state index contributed by atoms with van der Waals surface area (Å²) in [6, 6.07) is 8.66. The van der Waals surface area contributed by atoms with E-state index in [0.29, 0.717) is 18.4 Å². The standard InChI is InChI=1S/C29H32N4O3/c34-17-24-14-23-13-22(7-8-25(23)30-24)19-1-3-20(4-2-19)26-31-29(10-11-29)28(36)33(26)16-18-9-12-32(15-18)27(35)21-5-6-21/h1-4,7,13-14,18,21,25,30,34H,5-6,8-12,15-17H2/t18-,25?/m1/s1. The third-order valence-corrected chi connectivity index (χ3v) is 8.55. The van der Waals surface area contributed by atoms with Gasteiger partial charge in [0.1, 0.15) is 11.4 Å². The van der Waals surface area contributed by atoms with Crippen molar-refractivity contribution in [2.45, 2.75) is 50.1 Å². The molecule has 1 aromatic carbocycles. The minimum atomic E-state index is -0.534. The number of fused-ring (bicyclic) bond motifs is 1. The van der Waals surface area contributed by atoms with Crippen molar-refractivity contribution < 1.29 is 14.7 Å². The van der Waals surface area contributed by atoms with Crippen LogP contribution in [0.25, 0.3) is 5.57 Å². The predicted molar refractivity (Wildman–Crippen MR) is 137 cm³/mol. The highest BCUT2D eigenvalue weighted by molar-refractivity contribution is 6.16. The molecule has 1 spiro atoms. The Morgan fingerprint density at radius 1 is 1.11 bits per heavy atom. The van der Waals surface area contributed by atoms with Gasteiger partial charge in [0.25, 0.3) is 5.91 Å². The Balaban J connectivity index is 1.09. The number of amides is 2. The van der Waals surface area contributed by atoms with Crippen LogP contribution in [-0.2, 0) is 9.59 Å². The molecule has 1 unspecified atom stereocenters. The number of carbonyl (C=O) groups excluding carboxylic acids is 2. The molecule has 2 amide bonds. The lowest BCUT2D eigenvalue weighted by molar-refractivity contribution is -0.131. The van der Waals surface area contributed by atoms with Gasteiger partial charge in [-0.1, -0.05) is 30.3 Å². The summed E-state index contributed by atoms with van der Waals surface area (Å²) in [5.74, 6) is 1.80. The monoisotopic (exact) mass is 484 g/mol. The van der Waals surface area contributed by atoms with Crippen molar-refractivity contribution in [2.75, 3.05) is 26.2 Å². The summed E-state index contributed by atoms with van der Waals surface area (Å²) in [6.07, 6.45) is 12.0. The number of hydrogen-bond donors (Lipinski definition) is 2. The fourth-order valence-corrected chi connectivity index (χ4v) is 6.10. The zero-order valence-corrected chi connectivity index (χ0v) is 20.4. The number of aliphatic imine (C=N–C) groups is 1. The van der Waals surface area contributed by atoms with Crippen LogP contribution < -0.4 is 5.32 Å². The Morgan fingerprint density at radius 2 is 1.89 bits per heavy atom. The smallest absolute Gasteiger partial charge is 0.256 e. The van der Waals surface area contributed by atoms with Crippen molar-refractivity contribution in [1.82, 2.24) is 15.1 Å². The van der Waals surface area contributed by atoms with Crippen molar-refractivity contribution in [2.24, 2.45) is 16.8 Å².